The summed E-state index contributed by atoms with van der Waals surface area (Å²) in [6, 6.07) is 5.89. The fraction of sp³-hybridized carbons (Fsp3) is 0.765. The van der Waals surface area contributed by atoms with E-state index in [1.807, 2.05) is 11.3 Å². The Morgan fingerprint density at radius 1 is 1.10 bits per heavy atom. The monoisotopic (exact) mass is 309 g/mol. The largest absolute Gasteiger partial charge is 0.310 e. The van der Waals surface area contributed by atoms with E-state index in [-0.39, 0.29) is 0 Å². The van der Waals surface area contributed by atoms with E-state index < -0.39 is 0 Å². The molecule has 1 aliphatic heterocycles. The summed E-state index contributed by atoms with van der Waals surface area (Å²) in [6.45, 7) is 16.0. The molecular weight excluding hydrogens is 278 g/mol. The molecule has 0 spiro atoms. The van der Waals surface area contributed by atoms with Crippen LogP contribution in [-0.4, -0.2) is 48.1 Å². The summed E-state index contributed by atoms with van der Waals surface area (Å²) in [6.07, 6.45) is 1.26. The van der Waals surface area contributed by atoms with E-state index in [0.717, 1.165) is 19.1 Å². The summed E-state index contributed by atoms with van der Waals surface area (Å²) < 4.78 is 0. The number of piperazine rings is 1. The number of nitrogens with one attached hydrogen (secondary N) is 1. The van der Waals surface area contributed by atoms with Crippen molar-refractivity contribution in [2.45, 2.75) is 59.3 Å². The van der Waals surface area contributed by atoms with Crippen molar-refractivity contribution in [3.63, 3.8) is 0 Å². The molecule has 2 heterocycles. The van der Waals surface area contributed by atoms with Crippen molar-refractivity contribution < 1.29 is 0 Å². The number of nitrogens with zero attached hydrogens (tertiary/aromatic N) is 2. The summed E-state index contributed by atoms with van der Waals surface area (Å²) in [5.74, 6) is 0. The summed E-state index contributed by atoms with van der Waals surface area (Å²) >= 11 is 1.96. The number of thiophene rings is 1. The lowest BCUT2D eigenvalue weighted by Gasteiger charge is -2.37. The molecule has 1 aromatic heterocycles. The maximum absolute atomic E-state index is 3.49. The molecule has 120 valence electrons. The third-order valence-electron chi connectivity index (χ3n) is 4.40. The molecule has 1 aliphatic rings. The molecule has 0 bridgehead atoms. The van der Waals surface area contributed by atoms with Crippen LogP contribution in [0.4, 0.5) is 0 Å². The van der Waals surface area contributed by atoms with E-state index >= 15 is 0 Å². The van der Waals surface area contributed by atoms with Crippen LogP contribution in [0, 0.1) is 0 Å². The van der Waals surface area contributed by atoms with Crippen molar-refractivity contribution in [1.82, 2.24) is 15.1 Å². The molecule has 1 N–H and O–H groups in total. The van der Waals surface area contributed by atoms with E-state index in [1.165, 1.54) is 42.4 Å². The molecule has 0 aliphatic carbocycles. The first kappa shape index (κ1) is 16.9. The third-order valence-corrected chi connectivity index (χ3v) is 5.47. The zero-order chi connectivity index (χ0) is 15.2. The molecule has 3 nitrogen and oxygen atoms in total. The van der Waals surface area contributed by atoms with Gasteiger partial charge in [0.1, 0.15) is 0 Å². The minimum absolute atomic E-state index is 0.559. The quantitative estimate of drug-likeness (QED) is 0.834. The fourth-order valence-electron chi connectivity index (χ4n) is 2.75. The Bertz CT molecular complexity index is 408. The Balaban J connectivity index is 1.76. The molecule has 4 heteroatoms. The molecule has 0 amide bonds. The first-order valence-corrected chi connectivity index (χ1v) is 9.17. The van der Waals surface area contributed by atoms with Gasteiger partial charge in [-0.05, 0) is 25.5 Å². The van der Waals surface area contributed by atoms with Crippen molar-refractivity contribution in [2.75, 3.05) is 26.2 Å². The van der Waals surface area contributed by atoms with E-state index in [2.05, 4.69) is 54.9 Å². The number of rotatable bonds is 7. The van der Waals surface area contributed by atoms with E-state index in [0.29, 0.717) is 6.04 Å². The van der Waals surface area contributed by atoms with Crippen LogP contribution in [0.5, 0.6) is 0 Å². The maximum Gasteiger partial charge on any atom is 0.0329 e. The Morgan fingerprint density at radius 2 is 1.76 bits per heavy atom. The van der Waals surface area contributed by atoms with Gasteiger partial charge in [-0.3, -0.25) is 9.80 Å². The molecule has 1 fully saturated rings. The summed E-state index contributed by atoms with van der Waals surface area (Å²) in [5.41, 5.74) is 0. The minimum Gasteiger partial charge on any atom is -0.310 e. The molecule has 0 aromatic carbocycles. The number of hydrogen-bond acceptors (Lipinski definition) is 4. The number of hydrogen-bond donors (Lipinski definition) is 1. The molecule has 1 saturated heterocycles. The van der Waals surface area contributed by atoms with Crippen molar-refractivity contribution in [3.05, 3.63) is 21.9 Å². The van der Waals surface area contributed by atoms with Gasteiger partial charge < -0.3 is 5.32 Å². The topological polar surface area (TPSA) is 18.5 Å². The first-order chi connectivity index (χ1) is 10.1. The highest BCUT2D eigenvalue weighted by atomic mass is 32.1. The molecule has 1 aromatic rings. The van der Waals surface area contributed by atoms with Crippen LogP contribution >= 0.6 is 11.3 Å². The second-order valence-electron chi connectivity index (χ2n) is 6.47. The Hall–Kier alpha value is -0.420. The Morgan fingerprint density at radius 3 is 2.38 bits per heavy atom. The average Bonchev–Trinajstić information content (AvgIpc) is 2.92. The Labute approximate surface area is 134 Å². The summed E-state index contributed by atoms with van der Waals surface area (Å²) in [7, 11) is 0. The zero-order valence-electron chi connectivity index (χ0n) is 14.1. The fourth-order valence-corrected chi connectivity index (χ4v) is 3.76. The normalized spacial score (nSPS) is 19.3. The summed E-state index contributed by atoms with van der Waals surface area (Å²) in [4.78, 5) is 8.19. The van der Waals surface area contributed by atoms with Crippen LogP contribution in [0.1, 0.15) is 43.9 Å². The van der Waals surface area contributed by atoms with E-state index in [1.54, 1.807) is 0 Å². The van der Waals surface area contributed by atoms with E-state index in [9.17, 15) is 0 Å². The lowest BCUT2D eigenvalue weighted by molar-refractivity contribution is 0.0970. The highest BCUT2D eigenvalue weighted by molar-refractivity contribution is 7.11. The molecule has 21 heavy (non-hydrogen) atoms. The van der Waals surface area contributed by atoms with Gasteiger partial charge in [0.2, 0.25) is 0 Å². The first-order valence-electron chi connectivity index (χ1n) is 8.36. The average molecular weight is 310 g/mol. The smallest absolute Gasteiger partial charge is 0.0329 e. The van der Waals surface area contributed by atoms with Gasteiger partial charge in [-0.1, -0.05) is 20.8 Å². The second-order valence-corrected chi connectivity index (χ2v) is 7.73. The van der Waals surface area contributed by atoms with Gasteiger partial charge in [0.25, 0.3) is 0 Å². The van der Waals surface area contributed by atoms with Crippen LogP contribution in [0.2, 0.25) is 0 Å². The lowest BCUT2D eigenvalue weighted by Crippen LogP contribution is -2.48. The van der Waals surface area contributed by atoms with Crippen molar-refractivity contribution in [2.24, 2.45) is 0 Å². The summed E-state index contributed by atoms with van der Waals surface area (Å²) in [5, 5.41) is 3.49. The van der Waals surface area contributed by atoms with Gasteiger partial charge in [0, 0.05) is 61.1 Å². The lowest BCUT2D eigenvalue weighted by atomic mass is 10.2. The molecule has 0 saturated carbocycles. The van der Waals surface area contributed by atoms with E-state index in [4.69, 9.17) is 0 Å². The van der Waals surface area contributed by atoms with Gasteiger partial charge in [-0.2, -0.15) is 0 Å². The molecule has 1 unspecified atom stereocenters. The SMILES string of the molecule is CCC(C)N1CCN(Cc2ccc(CNC(C)C)s2)CC1. The molecular formula is C17H31N3S. The van der Waals surface area contributed by atoms with Crippen LogP contribution in [0.25, 0.3) is 0 Å². The minimum atomic E-state index is 0.559. The highest BCUT2D eigenvalue weighted by Gasteiger charge is 2.20. The predicted octanol–water partition coefficient (Wildman–Crippen LogP) is 3.16. The van der Waals surface area contributed by atoms with Gasteiger partial charge in [-0.15, -0.1) is 11.3 Å². The van der Waals surface area contributed by atoms with Gasteiger partial charge in [0.05, 0.1) is 0 Å². The zero-order valence-corrected chi connectivity index (χ0v) is 14.9. The Kier molecular flexibility index (Phi) is 6.68. The van der Waals surface area contributed by atoms with Gasteiger partial charge >= 0.3 is 0 Å². The highest BCUT2D eigenvalue weighted by Crippen LogP contribution is 2.19. The second kappa shape index (κ2) is 8.28. The van der Waals surface area contributed by atoms with Crippen molar-refractivity contribution in [1.29, 1.82) is 0 Å². The molecule has 1 atom stereocenters. The van der Waals surface area contributed by atoms with Crippen molar-refractivity contribution in [3.8, 4) is 0 Å². The standard InChI is InChI=1S/C17H31N3S/c1-5-15(4)20-10-8-19(9-11-20)13-17-7-6-16(21-17)12-18-14(2)3/h6-7,14-15,18H,5,8-13H2,1-4H3. The van der Waals surface area contributed by atoms with Crippen molar-refractivity contribution >= 4 is 11.3 Å². The van der Waals surface area contributed by atoms with Gasteiger partial charge in [-0.25, -0.2) is 0 Å². The third kappa shape index (κ3) is 5.37. The van der Waals surface area contributed by atoms with Crippen LogP contribution in [0.15, 0.2) is 12.1 Å². The van der Waals surface area contributed by atoms with Crippen LogP contribution in [0.3, 0.4) is 0 Å². The molecule has 0 radical (unpaired) electrons. The maximum atomic E-state index is 3.49. The predicted molar refractivity (Wildman–Crippen MR) is 92.9 cm³/mol. The van der Waals surface area contributed by atoms with Crippen LogP contribution in [-0.2, 0) is 13.1 Å². The molecule has 2 rings (SSSR count). The van der Waals surface area contributed by atoms with Gasteiger partial charge in [0.15, 0.2) is 0 Å². The van der Waals surface area contributed by atoms with Crippen LogP contribution < -0.4 is 5.32 Å².